The Labute approximate surface area is 59.9 Å². The first kappa shape index (κ1) is 7.49. The molecule has 3 heteroatoms. The molecule has 0 heterocycles. The summed E-state index contributed by atoms with van der Waals surface area (Å²) in [5.74, 6) is 0. The number of hydrogen-bond donors (Lipinski definition) is 0. The second-order valence-corrected chi connectivity index (χ2v) is 2.76. The van der Waals surface area contributed by atoms with Crippen molar-refractivity contribution in [3.63, 3.8) is 0 Å². The summed E-state index contributed by atoms with van der Waals surface area (Å²) < 4.78 is 0. The van der Waals surface area contributed by atoms with Crippen molar-refractivity contribution in [1.29, 1.82) is 0 Å². The van der Waals surface area contributed by atoms with Gasteiger partial charge in [-0.25, -0.2) is 0 Å². The van der Waals surface area contributed by atoms with Gasteiger partial charge in [0, 0.05) is 33.6 Å². The van der Waals surface area contributed by atoms with Crippen LogP contribution in [0.3, 0.4) is 0 Å². The fourth-order valence-corrected chi connectivity index (χ4v) is 0.654. The highest BCUT2D eigenvalue weighted by Gasteiger charge is 1.59. The molecule has 0 aliphatic heterocycles. The van der Waals surface area contributed by atoms with Gasteiger partial charge in [0.05, 0.1) is 0 Å². The van der Waals surface area contributed by atoms with Crippen molar-refractivity contribution in [3.05, 3.63) is 11.6 Å². The molecule has 0 aromatic heterocycles. The molecule has 0 rings (SSSR count). The van der Waals surface area contributed by atoms with Gasteiger partial charge in [-0.05, 0) is 12.3 Å². The molecule has 0 aromatic rings. The molecule has 0 aliphatic rings. The average molecular weight is 227 g/mol. The summed E-state index contributed by atoms with van der Waals surface area (Å²) in [6.45, 7) is 1.89. The van der Waals surface area contributed by atoms with Crippen LogP contribution in [-0.4, -0.2) is 6.21 Å². The maximum absolute atomic E-state index is 3.83. The third-order valence-corrected chi connectivity index (χ3v) is 1.45. The van der Waals surface area contributed by atoms with Crippen LogP contribution in [0, 0.1) is 0 Å². The van der Waals surface area contributed by atoms with Gasteiger partial charge in [0.25, 0.3) is 0 Å². The zero-order valence-corrected chi connectivity index (χ0v) is 6.94. The smallest absolute Gasteiger partial charge is 0.0334 e. The Hall–Kier alpha value is 0.490. The lowest BCUT2D eigenvalue weighted by Gasteiger charge is -1.69. The average Bonchev–Trinajstić information content (AvgIpc) is 1.69. The molecular formula is C4H6INS. The molecule has 40 valence electrons. The maximum atomic E-state index is 3.83. The van der Waals surface area contributed by atoms with Crippen LogP contribution < -0.4 is 0 Å². The summed E-state index contributed by atoms with van der Waals surface area (Å²) in [5.41, 5.74) is 0. The highest BCUT2D eigenvalue weighted by Crippen LogP contribution is 2.11. The Bertz CT molecular complexity index is 79.8. The summed E-state index contributed by atoms with van der Waals surface area (Å²) >= 11 is 2.18. The molecule has 0 atom stereocenters. The van der Waals surface area contributed by atoms with Crippen LogP contribution in [0.2, 0.25) is 0 Å². The molecule has 0 aromatic carbocycles. The standard InChI is InChI=1S/C4H6INS/c1-2-6-3-4-7-5/h2-4H,1H3/b4-3-,6-2+. The van der Waals surface area contributed by atoms with E-state index in [1.807, 2.05) is 12.3 Å². The van der Waals surface area contributed by atoms with E-state index in [1.54, 1.807) is 21.3 Å². The van der Waals surface area contributed by atoms with Crippen LogP contribution in [0.15, 0.2) is 16.6 Å². The molecule has 0 spiro atoms. The van der Waals surface area contributed by atoms with E-state index in [4.69, 9.17) is 0 Å². The van der Waals surface area contributed by atoms with Crippen molar-refractivity contribution in [3.8, 4) is 0 Å². The van der Waals surface area contributed by atoms with Crippen LogP contribution in [-0.2, 0) is 0 Å². The van der Waals surface area contributed by atoms with Crippen molar-refractivity contribution in [2.24, 2.45) is 4.99 Å². The van der Waals surface area contributed by atoms with E-state index >= 15 is 0 Å². The lowest BCUT2D eigenvalue weighted by molar-refractivity contribution is 1.60. The first-order valence-electron chi connectivity index (χ1n) is 1.82. The Kier molecular flexibility index (Phi) is 6.94. The summed E-state index contributed by atoms with van der Waals surface area (Å²) in [5, 5.41) is 1.92. The van der Waals surface area contributed by atoms with Gasteiger partial charge < -0.3 is 0 Å². The number of aliphatic imine (C=N–C) groups is 1. The van der Waals surface area contributed by atoms with Crippen molar-refractivity contribution in [2.45, 2.75) is 6.92 Å². The lowest BCUT2D eigenvalue weighted by atomic mass is 10.9. The van der Waals surface area contributed by atoms with E-state index < -0.39 is 0 Å². The fraction of sp³-hybridized carbons (Fsp3) is 0.250. The van der Waals surface area contributed by atoms with Crippen molar-refractivity contribution < 1.29 is 0 Å². The van der Waals surface area contributed by atoms with E-state index in [-0.39, 0.29) is 0 Å². The number of rotatable bonds is 2. The summed E-state index contributed by atoms with van der Waals surface area (Å²) in [4.78, 5) is 3.83. The number of hydrogen-bond acceptors (Lipinski definition) is 2. The quantitative estimate of drug-likeness (QED) is 0.521. The minimum Gasteiger partial charge on any atom is -0.269 e. The predicted molar refractivity (Wildman–Crippen MR) is 44.9 cm³/mol. The van der Waals surface area contributed by atoms with Crippen molar-refractivity contribution >= 4 is 36.4 Å². The molecule has 0 N–H and O–H groups in total. The van der Waals surface area contributed by atoms with Crippen LogP contribution in [0.4, 0.5) is 0 Å². The lowest BCUT2D eigenvalue weighted by Crippen LogP contribution is -1.49. The zero-order chi connectivity index (χ0) is 5.54. The second-order valence-electron chi connectivity index (χ2n) is 0.782. The fourth-order valence-electron chi connectivity index (χ4n) is 0.144. The molecule has 0 aliphatic carbocycles. The van der Waals surface area contributed by atoms with E-state index in [1.165, 1.54) is 0 Å². The Morgan fingerprint density at radius 3 is 2.86 bits per heavy atom. The number of halogens is 1. The zero-order valence-electron chi connectivity index (χ0n) is 3.97. The van der Waals surface area contributed by atoms with Gasteiger partial charge in [-0.3, -0.25) is 4.99 Å². The van der Waals surface area contributed by atoms with E-state index in [2.05, 4.69) is 26.2 Å². The minimum absolute atomic E-state index is 1.62. The van der Waals surface area contributed by atoms with Gasteiger partial charge >= 0.3 is 0 Å². The Morgan fingerprint density at radius 2 is 2.43 bits per heavy atom. The molecule has 0 bridgehead atoms. The second kappa shape index (κ2) is 6.49. The Morgan fingerprint density at radius 1 is 1.71 bits per heavy atom. The minimum atomic E-state index is 1.62. The largest absolute Gasteiger partial charge is 0.269 e. The monoisotopic (exact) mass is 227 g/mol. The van der Waals surface area contributed by atoms with Gasteiger partial charge in [0.1, 0.15) is 0 Å². The van der Waals surface area contributed by atoms with E-state index in [0.29, 0.717) is 0 Å². The van der Waals surface area contributed by atoms with Crippen LogP contribution in [0.5, 0.6) is 0 Å². The molecule has 0 unspecified atom stereocenters. The molecule has 0 fully saturated rings. The first-order chi connectivity index (χ1) is 3.41. The summed E-state index contributed by atoms with van der Waals surface area (Å²) in [7, 11) is 1.62. The van der Waals surface area contributed by atoms with E-state index in [0.717, 1.165) is 0 Å². The molecule has 0 amide bonds. The molecule has 0 saturated carbocycles. The third-order valence-electron chi connectivity index (χ3n) is 0.347. The van der Waals surface area contributed by atoms with Gasteiger partial charge in [0.2, 0.25) is 0 Å². The topological polar surface area (TPSA) is 12.4 Å². The SMILES string of the molecule is C/C=N/C=C\SI. The number of nitrogens with zero attached hydrogens (tertiary/aromatic N) is 1. The van der Waals surface area contributed by atoms with Crippen molar-refractivity contribution in [1.82, 2.24) is 0 Å². The van der Waals surface area contributed by atoms with Gasteiger partial charge in [-0.15, -0.1) is 0 Å². The molecule has 7 heavy (non-hydrogen) atoms. The maximum Gasteiger partial charge on any atom is 0.0334 e. The first-order valence-corrected chi connectivity index (χ1v) is 5.24. The van der Waals surface area contributed by atoms with E-state index in [9.17, 15) is 0 Å². The van der Waals surface area contributed by atoms with Crippen molar-refractivity contribution in [2.75, 3.05) is 0 Å². The Balaban J connectivity index is 3.09. The third kappa shape index (κ3) is 6.49. The predicted octanol–water partition coefficient (Wildman–Crippen LogP) is 2.63. The van der Waals surface area contributed by atoms with Gasteiger partial charge in [-0.1, -0.05) is 8.93 Å². The molecule has 1 nitrogen and oxygen atoms in total. The van der Waals surface area contributed by atoms with Crippen LogP contribution in [0.1, 0.15) is 6.92 Å². The molecular weight excluding hydrogens is 221 g/mol. The highest BCUT2D eigenvalue weighted by molar-refractivity contribution is 14.2. The molecule has 0 radical (unpaired) electrons. The highest BCUT2D eigenvalue weighted by atomic mass is 127. The van der Waals surface area contributed by atoms with Gasteiger partial charge in [0.15, 0.2) is 0 Å². The van der Waals surface area contributed by atoms with Crippen LogP contribution >= 0.6 is 30.1 Å². The summed E-state index contributed by atoms with van der Waals surface area (Å²) in [6.07, 6.45) is 3.51. The summed E-state index contributed by atoms with van der Waals surface area (Å²) in [6, 6.07) is 0. The van der Waals surface area contributed by atoms with Gasteiger partial charge in [-0.2, -0.15) is 0 Å². The van der Waals surface area contributed by atoms with Crippen LogP contribution in [0.25, 0.3) is 0 Å². The normalized spacial score (nSPS) is 11.7. The molecule has 0 saturated heterocycles.